The maximum absolute atomic E-state index is 14.9. The number of hydrogen-bond donors (Lipinski definition) is 3. The van der Waals surface area contributed by atoms with Crippen molar-refractivity contribution < 1.29 is 38.7 Å². The summed E-state index contributed by atoms with van der Waals surface area (Å²) in [5, 5.41) is 29.1. The average Bonchev–Trinajstić information content (AvgIpc) is 2.88. The van der Waals surface area contributed by atoms with Crippen LogP contribution in [0.3, 0.4) is 0 Å². The molecular formula is C29H33FO7. The molecule has 0 bridgehead atoms. The lowest BCUT2D eigenvalue weighted by Gasteiger charge is -2.33. The van der Waals surface area contributed by atoms with Gasteiger partial charge in [-0.15, -0.1) is 0 Å². The van der Waals surface area contributed by atoms with Gasteiger partial charge in [-0.1, -0.05) is 38.1 Å². The summed E-state index contributed by atoms with van der Waals surface area (Å²) in [7, 11) is 3.06. The number of aliphatic hydroxyl groups excluding tert-OH is 2. The van der Waals surface area contributed by atoms with Gasteiger partial charge in [0.1, 0.15) is 23.9 Å². The highest BCUT2D eigenvalue weighted by molar-refractivity contribution is 5.70. The van der Waals surface area contributed by atoms with Gasteiger partial charge in [-0.25, -0.2) is 4.39 Å². The van der Waals surface area contributed by atoms with E-state index in [2.05, 4.69) is 0 Å². The lowest BCUT2D eigenvalue weighted by molar-refractivity contribution is -0.139. The second-order valence-electron chi connectivity index (χ2n) is 9.50. The predicted octanol–water partition coefficient (Wildman–Crippen LogP) is 5.29. The van der Waals surface area contributed by atoms with Crippen LogP contribution in [0.2, 0.25) is 0 Å². The Balaban J connectivity index is 1.98. The number of halogens is 1. The minimum Gasteiger partial charge on any atom is -0.497 e. The number of aliphatic hydroxyl groups is 2. The number of carbonyl (C=O) groups is 1. The summed E-state index contributed by atoms with van der Waals surface area (Å²) in [6.45, 7) is 3.73. The fourth-order valence-corrected chi connectivity index (χ4v) is 4.21. The lowest BCUT2D eigenvalue weighted by atomic mass is 9.80. The van der Waals surface area contributed by atoms with Crippen LogP contribution in [-0.2, 0) is 16.1 Å². The van der Waals surface area contributed by atoms with Crippen molar-refractivity contribution in [2.75, 3.05) is 20.8 Å². The van der Waals surface area contributed by atoms with Crippen molar-refractivity contribution >= 4 is 5.97 Å². The minimum absolute atomic E-state index is 0.155. The van der Waals surface area contributed by atoms with Gasteiger partial charge in [0.2, 0.25) is 0 Å². The van der Waals surface area contributed by atoms with Gasteiger partial charge in [0, 0.05) is 18.1 Å². The van der Waals surface area contributed by atoms with E-state index in [9.17, 15) is 19.4 Å². The van der Waals surface area contributed by atoms with Crippen LogP contribution in [0.15, 0.2) is 60.7 Å². The van der Waals surface area contributed by atoms with Crippen LogP contribution in [0.4, 0.5) is 4.39 Å². The molecule has 0 spiro atoms. The SMILES string of the molecule is COc1ccc(F)c(-c2ccc(COc3cccc([C@H](O)CC(=O)O)c3)cc2C(OC)C(C)(C)CO)c1. The van der Waals surface area contributed by atoms with Crippen molar-refractivity contribution in [3.8, 4) is 22.6 Å². The molecule has 0 fully saturated rings. The number of aliphatic carboxylic acids is 1. The highest BCUT2D eigenvalue weighted by Crippen LogP contribution is 2.42. The monoisotopic (exact) mass is 512 g/mol. The van der Waals surface area contributed by atoms with E-state index < -0.39 is 35.8 Å². The molecule has 0 heterocycles. The average molecular weight is 513 g/mol. The zero-order chi connectivity index (χ0) is 27.2. The highest BCUT2D eigenvalue weighted by atomic mass is 19.1. The van der Waals surface area contributed by atoms with Gasteiger partial charge in [-0.3, -0.25) is 4.79 Å². The summed E-state index contributed by atoms with van der Waals surface area (Å²) in [5.74, 6) is -0.544. The number of carboxylic acids is 1. The first-order valence-electron chi connectivity index (χ1n) is 11.8. The summed E-state index contributed by atoms with van der Waals surface area (Å²) in [6, 6.07) is 16.6. The molecule has 0 saturated carbocycles. The summed E-state index contributed by atoms with van der Waals surface area (Å²) in [4.78, 5) is 10.9. The Hall–Kier alpha value is -3.46. The first kappa shape index (κ1) is 28.1. The molecule has 0 amide bonds. The Kier molecular flexibility index (Phi) is 9.26. The number of hydrogen-bond acceptors (Lipinski definition) is 6. The Morgan fingerprint density at radius 3 is 2.41 bits per heavy atom. The molecule has 1 unspecified atom stereocenters. The quantitative estimate of drug-likeness (QED) is 0.303. The second kappa shape index (κ2) is 12.2. The molecule has 3 aromatic rings. The Morgan fingerprint density at radius 2 is 1.76 bits per heavy atom. The molecule has 7 nitrogen and oxygen atoms in total. The van der Waals surface area contributed by atoms with E-state index in [1.807, 2.05) is 26.0 Å². The third kappa shape index (κ3) is 6.85. The van der Waals surface area contributed by atoms with E-state index in [0.29, 0.717) is 33.8 Å². The number of carboxylic acid groups (broad SMARTS) is 1. The highest BCUT2D eigenvalue weighted by Gasteiger charge is 2.33. The van der Waals surface area contributed by atoms with E-state index in [0.717, 1.165) is 5.56 Å². The topological polar surface area (TPSA) is 105 Å². The molecule has 37 heavy (non-hydrogen) atoms. The summed E-state index contributed by atoms with van der Waals surface area (Å²) in [6.07, 6.45) is -2.12. The van der Waals surface area contributed by atoms with Gasteiger partial charge in [0.25, 0.3) is 0 Å². The van der Waals surface area contributed by atoms with Crippen molar-refractivity contribution in [2.45, 2.75) is 39.1 Å². The summed E-state index contributed by atoms with van der Waals surface area (Å²) < 4.78 is 32.0. The minimum atomic E-state index is -1.15. The number of ether oxygens (including phenoxy) is 3. The molecule has 0 aromatic heterocycles. The maximum atomic E-state index is 14.9. The molecule has 0 aliphatic rings. The van der Waals surface area contributed by atoms with Crippen molar-refractivity contribution in [3.63, 3.8) is 0 Å². The van der Waals surface area contributed by atoms with Gasteiger partial charge in [0.05, 0.1) is 32.3 Å². The normalized spacial score (nSPS) is 13.2. The molecule has 3 aromatic carbocycles. The van der Waals surface area contributed by atoms with Crippen LogP contribution in [-0.4, -0.2) is 42.1 Å². The molecule has 0 aliphatic carbocycles. The molecule has 0 radical (unpaired) electrons. The van der Waals surface area contributed by atoms with Crippen molar-refractivity contribution in [3.05, 3.63) is 83.2 Å². The first-order valence-corrected chi connectivity index (χ1v) is 11.8. The standard InChI is InChI=1S/C29H33FO7/c1-29(2,17-31)28(36-4)24-12-18(8-10-22(24)23-14-20(35-3)9-11-25(23)30)16-37-21-7-5-6-19(13-21)26(32)15-27(33)34/h5-14,26,28,31-32H,15-17H2,1-4H3,(H,33,34)/t26-,28?/m1/s1. The van der Waals surface area contributed by atoms with Gasteiger partial charge >= 0.3 is 5.97 Å². The Bertz CT molecular complexity index is 1220. The first-order chi connectivity index (χ1) is 17.6. The third-order valence-corrected chi connectivity index (χ3v) is 6.23. The summed E-state index contributed by atoms with van der Waals surface area (Å²) in [5.41, 5.74) is 2.17. The van der Waals surface area contributed by atoms with E-state index in [-0.39, 0.29) is 13.2 Å². The molecule has 0 aliphatic heterocycles. The molecule has 3 rings (SSSR count). The largest absolute Gasteiger partial charge is 0.497 e. The summed E-state index contributed by atoms with van der Waals surface area (Å²) >= 11 is 0. The number of rotatable bonds is 12. The molecule has 3 N–H and O–H groups in total. The molecule has 8 heteroatoms. The van der Waals surface area contributed by atoms with Crippen LogP contribution < -0.4 is 9.47 Å². The molecule has 198 valence electrons. The predicted molar refractivity (Wildman–Crippen MR) is 137 cm³/mol. The van der Waals surface area contributed by atoms with E-state index in [1.54, 1.807) is 49.6 Å². The van der Waals surface area contributed by atoms with E-state index in [4.69, 9.17) is 19.3 Å². The van der Waals surface area contributed by atoms with Crippen molar-refractivity contribution in [1.82, 2.24) is 0 Å². The van der Waals surface area contributed by atoms with E-state index in [1.165, 1.54) is 13.2 Å². The lowest BCUT2D eigenvalue weighted by Crippen LogP contribution is -2.28. The molecule has 0 saturated heterocycles. The fourth-order valence-electron chi connectivity index (χ4n) is 4.21. The van der Waals surface area contributed by atoms with Crippen LogP contribution >= 0.6 is 0 Å². The van der Waals surface area contributed by atoms with Gasteiger partial charge in [-0.2, -0.15) is 0 Å². The van der Waals surface area contributed by atoms with Crippen LogP contribution in [0.1, 0.15) is 49.2 Å². The van der Waals surface area contributed by atoms with Gasteiger partial charge in [0.15, 0.2) is 0 Å². The molecular weight excluding hydrogens is 479 g/mol. The fraction of sp³-hybridized carbons (Fsp3) is 0.345. The van der Waals surface area contributed by atoms with Gasteiger partial charge < -0.3 is 29.5 Å². The smallest absolute Gasteiger partial charge is 0.306 e. The van der Waals surface area contributed by atoms with Crippen molar-refractivity contribution in [2.24, 2.45) is 5.41 Å². The zero-order valence-electron chi connectivity index (χ0n) is 21.4. The van der Waals surface area contributed by atoms with E-state index >= 15 is 0 Å². The Labute approximate surface area is 216 Å². The van der Waals surface area contributed by atoms with Crippen LogP contribution in [0, 0.1) is 11.2 Å². The van der Waals surface area contributed by atoms with Crippen molar-refractivity contribution in [1.29, 1.82) is 0 Å². The second-order valence-corrected chi connectivity index (χ2v) is 9.50. The van der Waals surface area contributed by atoms with Crippen LogP contribution in [0.25, 0.3) is 11.1 Å². The number of benzene rings is 3. The molecule has 2 atom stereocenters. The zero-order valence-corrected chi connectivity index (χ0v) is 21.4. The van der Waals surface area contributed by atoms with Crippen LogP contribution in [0.5, 0.6) is 11.5 Å². The number of methoxy groups -OCH3 is 2. The maximum Gasteiger partial charge on any atom is 0.306 e. The third-order valence-electron chi connectivity index (χ3n) is 6.23. The van der Waals surface area contributed by atoms with Gasteiger partial charge in [-0.05, 0) is 58.7 Å². The Morgan fingerprint density at radius 1 is 1.00 bits per heavy atom.